The van der Waals surface area contributed by atoms with E-state index in [1.165, 1.54) is 28.3 Å². The number of hydrogen-bond donors (Lipinski definition) is 0. The summed E-state index contributed by atoms with van der Waals surface area (Å²) in [5.74, 6) is 1.54. The lowest BCUT2D eigenvalue weighted by Gasteiger charge is -2.52. The summed E-state index contributed by atoms with van der Waals surface area (Å²) in [6.07, 6.45) is 17.4. The van der Waals surface area contributed by atoms with E-state index in [4.69, 9.17) is 9.97 Å². The van der Waals surface area contributed by atoms with Gasteiger partial charge in [0.1, 0.15) is 0 Å². The number of para-hydroxylation sites is 1. The van der Waals surface area contributed by atoms with Crippen LogP contribution in [-0.2, 0) is 12.8 Å². The summed E-state index contributed by atoms with van der Waals surface area (Å²) in [6.45, 7) is 10.0. The highest BCUT2D eigenvalue weighted by Crippen LogP contribution is 2.65. The van der Waals surface area contributed by atoms with Crippen LogP contribution in [0.3, 0.4) is 0 Å². The largest absolute Gasteiger partial charge is 0.356 e. The lowest BCUT2D eigenvalue weighted by molar-refractivity contribution is 0.138. The van der Waals surface area contributed by atoms with Gasteiger partial charge in [0.25, 0.3) is 0 Å². The molecule has 0 bridgehead atoms. The van der Waals surface area contributed by atoms with Crippen molar-refractivity contribution in [3.63, 3.8) is 0 Å². The van der Waals surface area contributed by atoms with E-state index in [0.717, 1.165) is 52.8 Å². The molecule has 5 unspecified atom stereocenters. The van der Waals surface area contributed by atoms with Gasteiger partial charge < -0.3 is 9.47 Å². The molecule has 0 amide bonds. The molecule has 5 atom stereocenters. The second kappa shape index (κ2) is 11.3. The molecule has 256 valence electrons. The first-order chi connectivity index (χ1) is 25.3. The van der Waals surface area contributed by atoms with Crippen LogP contribution < -0.4 is 4.90 Å². The van der Waals surface area contributed by atoms with Crippen LogP contribution in [0.4, 0.5) is 5.69 Å². The van der Waals surface area contributed by atoms with Crippen molar-refractivity contribution in [2.24, 2.45) is 11.3 Å². The zero-order valence-electron chi connectivity index (χ0n) is 30.4. The molecule has 1 saturated heterocycles. The highest BCUT2D eigenvalue weighted by atomic mass is 15.3. The van der Waals surface area contributed by atoms with Crippen molar-refractivity contribution in [1.82, 2.24) is 14.5 Å². The third kappa shape index (κ3) is 4.27. The van der Waals surface area contributed by atoms with Gasteiger partial charge in [-0.1, -0.05) is 129 Å². The summed E-state index contributed by atoms with van der Waals surface area (Å²) in [6, 6.07) is 39.0. The minimum atomic E-state index is -0.228. The number of allylic oxidation sites excluding steroid dienone is 3. The van der Waals surface area contributed by atoms with Crippen LogP contribution >= 0.6 is 0 Å². The summed E-state index contributed by atoms with van der Waals surface area (Å²) in [7, 11) is 0. The normalized spacial score (nSPS) is 27.0. The molecule has 4 nitrogen and oxygen atoms in total. The smallest absolute Gasteiger partial charge is 0.160 e. The maximum absolute atomic E-state index is 5.27. The van der Waals surface area contributed by atoms with Crippen molar-refractivity contribution < 1.29 is 0 Å². The monoisotopic (exact) mass is 676 g/mol. The molecule has 6 aromatic rings. The van der Waals surface area contributed by atoms with Gasteiger partial charge in [-0.05, 0) is 68.1 Å². The van der Waals surface area contributed by atoms with Crippen LogP contribution in [-0.4, -0.2) is 25.6 Å². The summed E-state index contributed by atoms with van der Waals surface area (Å²) in [4.78, 5) is 13.2. The number of rotatable bonds is 4. The first-order valence-electron chi connectivity index (χ1n) is 18.9. The topological polar surface area (TPSA) is 34.0 Å². The van der Waals surface area contributed by atoms with Gasteiger partial charge >= 0.3 is 0 Å². The predicted octanol–water partition coefficient (Wildman–Crippen LogP) is 11.2. The molecule has 4 aromatic carbocycles. The molecule has 2 aromatic heterocycles. The van der Waals surface area contributed by atoms with Crippen molar-refractivity contribution in [1.29, 1.82) is 0 Å². The zero-order valence-corrected chi connectivity index (χ0v) is 30.4. The fraction of sp³-hybridized carbons (Fsp3) is 0.250. The Morgan fingerprint density at radius 3 is 2.19 bits per heavy atom. The Morgan fingerprint density at radius 2 is 1.44 bits per heavy atom. The van der Waals surface area contributed by atoms with Gasteiger partial charge in [-0.25, -0.2) is 9.97 Å². The number of nitrogens with zero attached hydrogens (tertiary/aromatic N) is 4. The molecule has 0 spiro atoms. The van der Waals surface area contributed by atoms with Gasteiger partial charge in [0.05, 0.1) is 22.3 Å². The standard InChI is InChI=1S/C48H44N4/c1-32-17-16-24-37-39-30-46(2)42-25-14-15-28-47(42,3)52(48(46,4)31-41(39)51(44(32)37)35-22-12-7-13-23-35)36-26-27-40-38(29-36)43(33-18-8-5-9-19-33)50-45(49-40)34-20-10-6-11-21-34/h5-16,18-29,32,42H,17,30-31H2,1-4H3. The number of fused-ring (bicyclic) bond motifs is 7. The lowest BCUT2D eigenvalue weighted by atomic mass is 9.56. The lowest BCUT2D eigenvalue weighted by Crippen LogP contribution is -2.58. The van der Waals surface area contributed by atoms with Crippen LogP contribution in [0, 0.1) is 11.3 Å². The van der Waals surface area contributed by atoms with Crippen LogP contribution in [0.15, 0.2) is 140 Å². The van der Waals surface area contributed by atoms with Crippen molar-refractivity contribution in [2.45, 2.75) is 64.0 Å². The molecule has 3 heterocycles. The summed E-state index contributed by atoms with van der Waals surface area (Å²) >= 11 is 0. The molecule has 1 fully saturated rings. The van der Waals surface area contributed by atoms with Gasteiger partial charge in [-0.15, -0.1) is 0 Å². The number of hydrogen-bond acceptors (Lipinski definition) is 3. The molecule has 0 radical (unpaired) electrons. The number of anilines is 1. The van der Waals surface area contributed by atoms with E-state index >= 15 is 0 Å². The van der Waals surface area contributed by atoms with Crippen molar-refractivity contribution in [3.8, 4) is 28.3 Å². The van der Waals surface area contributed by atoms with Gasteiger partial charge in [0.2, 0.25) is 0 Å². The van der Waals surface area contributed by atoms with Crippen LogP contribution in [0.1, 0.15) is 62.5 Å². The highest BCUT2D eigenvalue weighted by molar-refractivity contribution is 5.96. The van der Waals surface area contributed by atoms with Crippen LogP contribution in [0.2, 0.25) is 0 Å². The Balaban J connectivity index is 1.20. The molecule has 0 N–H and O–H groups in total. The summed E-state index contributed by atoms with van der Waals surface area (Å²) < 4.78 is 2.64. The molecule has 1 aliphatic heterocycles. The van der Waals surface area contributed by atoms with E-state index in [-0.39, 0.29) is 16.5 Å². The molecule has 10 rings (SSSR count). The second-order valence-electron chi connectivity index (χ2n) is 16.1. The van der Waals surface area contributed by atoms with Crippen LogP contribution in [0.25, 0.3) is 45.3 Å². The molecular formula is C48H44N4. The Morgan fingerprint density at radius 1 is 0.731 bits per heavy atom. The second-order valence-corrected chi connectivity index (χ2v) is 16.1. The molecule has 3 aliphatic carbocycles. The van der Waals surface area contributed by atoms with E-state index in [1.54, 1.807) is 5.56 Å². The Kier molecular flexibility index (Phi) is 6.77. The summed E-state index contributed by atoms with van der Waals surface area (Å²) in [5.41, 5.74) is 12.0. The van der Waals surface area contributed by atoms with Gasteiger partial charge in [0, 0.05) is 62.9 Å². The number of benzene rings is 4. The Hall–Kier alpha value is -5.48. The van der Waals surface area contributed by atoms with Gasteiger partial charge in [-0.3, -0.25) is 0 Å². The molecule has 4 aliphatic rings. The fourth-order valence-electron chi connectivity index (χ4n) is 10.7. The Labute approximate surface area is 306 Å². The van der Waals surface area contributed by atoms with Crippen molar-refractivity contribution in [2.75, 3.05) is 4.90 Å². The van der Waals surface area contributed by atoms with E-state index < -0.39 is 0 Å². The quantitative estimate of drug-likeness (QED) is 0.186. The minimum absolute atomic E-state index is 0.0357. The van der Waals surface area contributed by atoms with E-state index in [9.17, 15) is 0 Å². The van der Waals surface area contributed by atoms with E-state index in [0.29, 0.717) is 11.8 Å². The zero-order chi connectivity index (χ0) is 35.2. The first kappa shape index (κ1) is 31.3. The van der Waals surface area contributed by atoms with Crippen LogP contribution in [0.5, 0.6) is 0 Å². The van der Waals surface area contributed by atoms with Gasteiger partial charge in [-0.2, -0.15) is 0 Å². The Bertz CT molecular complexity index is 2460. The number of aromatic nitrogens is 3. The summed E-state index contributed by atoms with van der Waals surface area (Å²) in [5, 5.41) is 1.08. The van der Waals surface area contributed by atoms with Crippen molar-refractivity contribution >= 4 is 22.7 Å². The third-order valence-electron chi connectivity index (χ3n) is 13.2. The maximum atomic E-state index is 5.27. The van der Waals surface area contributed by atoms with E-state index in [1.807, 2.05) is 6.07 Å². The predicted molar refractivity (Wildman–Crippen MR) is 215 cm³/mol. The third-order valence-corrected chi connectivity index (χ3v) is 13.2. The molecule has 4 heteroatoms. The average Bonchev–Trinajstić information content (AvgIpc) is 3.56. The molecular weight excluding hydrogens is 633 g/mol. The fourth-order valence-corrected chi connectivity index (χ4v) is 10.7. The minimum Gasteiger partial charge on any atom is -0.356 e. The highest BCUT2D eigenvalue weighted by Gasteiger charge is 2.68. The molecule has 52 heavy (non-hydrogen) atoms. The molecule has 0 saturated carbocycles. The first-order valence-corrected chi connectivity index (χ1v) is 18.9. The SMILES string of the molecule is CC1CC=Cc2c3c(n(-c4ccccc4)c21)CC1(C)N(c2ccc4nc(-c5ccccc5)nc(-c5ccccc5)c4c2)C2(C)C=CC=CC2C1(C)C3. The van der Waals surface area contributed by atoms with Gasteiger partial charge in [0.15, 0.2) is 5.82 Å². The maximum Gasteiger partial charge on any atom is 0.160 e. The average molecular weight is 677 g/mol. The van der Waals surface area contributed by atoms with Crippen molar-refractivity contribution in [3.05, 3.63) is 162 Å². The van der Waals surface area contributed by atoms with E-state index in [2.05, 4.69) is 177 Å².